The number of anilines is 1. The highest BCUT2D eigenvalue weighted by atomic mass is 16.5. The Morgan fingerprint density at radius 1 is 1.00 bits per heavy atom. The van der Waals surface area contributed by atoms with Crippen LogP contribution in [-0.2, 0) is 0 Å². The standard InChI is InChI=1S/C16H19NO/c1-18-14-8-9-15-13(12-14)6-5-7-16(15)17-10-3-2-4-11-17/h5-9,12H,2-4,10-11H2,1H3. The van der Waals surface area contributed by atoms with Crippen LogP contribution in [0.2, 0.25) is 0 Å². The molecule has 0 atom stereocenters. The minimum atomic E-state index is 0.929. The highest BCUT2D eigenvalue weighted by Gasteiger charge is 2.13. The van der Waals surface area contributed by atoms with Gasteiger partial charge in [0.2, 0.25) is 0 Å². The molecule has 1 aliphatic heterocycles. The van der Waals surface area contributed by atoms with Gasteiger partial charge in [-0.2, -0.15) is 0 Å². The monoisotopic (exact) mass is 241 g/mol. The SMILES string of the molecule is COc1ccc2c(N3CCCCC3)cccc2c1. The van der Waals surface area contributed by atoms with Crippen LogP contribution >= 0.6 is 0 Å². The summed E-state index contributed by atoms with van der Waals surface area (Å²) >= 11 is 0. The van der Waals surface area contributed by atoms with Crippen molar-refractivity contribution < 1.29 is 4.74 Å². The van der Waals surface area contributed by atoms with Crippen LogP contribution in [0.1, 0.15) is 19.3 Å². The molecule has 0 bridgehead atoms. The summed E-state index contributed by atoms with van der Waals surface area (Å²) in [5, 5.41) is 2.60. The van der Waals surface area contributed by atoms with Gasteiger partial charge in [0.05, 0.1) is 7.11 Å². The zero-order valence-corrected chi connectivity index (χ0v) is 10.9. The second-order valence-electron chi connectivity index (χ2n) is 4.91. The molecule has 0 amide bonds. The number of piperidine rings is 1. The number of hydrogen-bond donors (Lipinski definition) is 0. The van der Waals surface area contributed by atoms with Crippen LogP contribution in [0.15, 0.2) is 36.4 Å². The third kappa shape index (κ3) is 2.03. The average molecular weight is 241 g/mol. The fourth-order valence-corrected chi connectivity index (χ4v) is 2.78. The minimum absolute atomic E-state index is 0.929. The van der Waals surface area contributed by atoms with Gasteiger partial charge in [-0.1, -0.05) is 12.1 Å². The zero-order chi connectivity index (χ0) is 12.4. The van der Waals surface area contributed by atoms with E-state index >= 15 is 0 Å². The van der Waals surface area contributed by atoms with E-state index in [0.717, 1.165) is 5.75 Å². The molecule has 0 spiro atoms. The largest absolute Gasteiger partial charge is 0.497 e. The maximum Gasteiger partial charge on any atom is 0.119 e. The van der Waals surface area contributed by atoms with E-state index in [1.165, 1.54) is 48.8 Å². The van der Waals surface area contributed by atoms with Crippen LogP contribution in [0.25, 0.3) is 10.8 Å². The summed E-state index contributed by atoms with van der Waals surface area (Å²) in [6.07, 6.45) is 3.99. The van der Waals surface area contributed by atoms with E-state index in [1.54, 1.807) is 7.11 Å². The molecule has 1 saturated heterocycles. The number of fused-ring (bicyclic) bond motifs is 1. The van der Waals surface area contributed by atoms with Crippen LogP contribution < -0.4 is 9.64 Å². The molecule has 0 radical (unpaired) electrons. The van der Waals surface area contributed by atoms with Gasteiger partial charge < -0.3 is 9.64 Å². The second-order valence-corrected chi connectivity index (χ2v) is 4.91. The third-order valence-electron chi connectivity index (χ3n) is 3.76. The van der Waals surface area contributed by atoms with Crippen LogP contribution in [-0.4, -0.2) is 20.2 Å². The highest BCUT2D eigenvalue weighted by molar-refractivity contribution is 5.95. The van der Waals surface area contributed by atoms with Crippen LogP contribution in [0.3, 0.4) is 0 Å². The molecule has 1 heterocycles. The summed E-state index contributed by atoms with van der Waals surface area (Å²) in [6, 6.07) is 12.9. The van der Waals surface area contributed by atoms with Crippen molar-refractivity contribution in [1.29, 1.82) is 0 Å². The minimum Gasteiger partial charge on any atom is -0.497 e. The van der Waals surface area contributed by atoms with Gasteiger partial charge in [0, 0.05) is 24.2 Å². The molecule has 1 aliphatic rings. The lowest BCUT2D eigenvalue weighted by Gasteiger charge is -2.29. The van der Waals surface area contributed by atoms with Gasteiger partial charge in [-0.15, -0.1) is 0 Å². The Balaban J connectivity index is 2.05. The Hall–Kier alpha value is -1.70. The van der Waals surface area contributed by atoms with Gasteiger partial charge in [0.1, 0.15) is 5.75 Å². The summed E-state index contributed by atoms with van der Waals surface area (Å²) in [4.78, 5) is 2.51. The summed E-state index contributed by atoms with van der Waals surface area (Å²) in [5.41, 5.74) is 1.37. The molecule has 0 unspecified atom stereocenters. The maximum atomic E-state index is 5.29. The molecule has 1 fully saturated rings. The Morgan fingerprint density at radius 2 is 1.83 bits per heavy atom. The lowest BCUT2D eigenvalue weighted by Crippen LogP contribution is -2.29. The smallest absolute Gasteiger partial charge is 0.119 e. The van der Waals surface area contributed by atoms with E-state index < -0.39 is 0 Å². The van der Waals surface area contributed by atoms with Gasteiger partial charge in [0.25, 0.3) is 0 Å². The number of hydrogen-bond acceptors (Lipinski definition) is 2. The maximum absolute atomic E-state index is 5.29. The first-order chi connectivity index (χ1) is 8.88. The molecular formula is C16H19NO. The van der Waals surface area contributed by atoms with Gasteiger partial charge in [0.15, 0.2) is 0 Å². The fraction of sp³-hybridized carbons (Fsp3) is 0.375. The van der Waals surface area contributed by atoms with E-state index in [4.69, 9.17) is 4.74 Å². The topological polar surface area (TPSA) is 12.5 Å². The van der Waals surface area contributed by atoms with Gasteiger partial charge in [-0.3, -0.25) is 0 Å². The number of nitrogens with zero attached hydrogens (tertiary/aromatic N) is 1. The van der Waals surface area contributed by atoms with Crippen molar-refractivity contribution in [2.24, 2.45) is 0 Å². The molecular weight excluding hydrogens is 222 g/mol. The first-order valence-corrected chi connectivity index (χ1v) is 6.70. The third-order valence-corrected chi connectivity index (χ3v) is 3.76. The molecule has 0 aliphatic carbocycles. The summed E-state index contributed by atoms with van der Waals surface area (Å²) < 4.78 is 5.29. The molecule has 2 aromatic carbocycles. The van der Waals surface area contributed by atoms with E-state index in [0.29, 0.717) is 0 Å². The van der Waals surface area contributed by atoms with E-state index in [1.807, 2.05) is 0 Å². The zero-order valence-electron chi connectivity index (χ0n) is 10.9. The molecule has 18 heavy (non-hydrogen) atoms. The Labute approximate surface area is 108 Å². The fourth-order valence-electron chi connectivity index (χ4n) is 2.78. The highest BCUT2D eigenvalue weighted by Crippen LogP contribution is 2.31. The van der Waals surface area contributed by atoms with Crippen molar-refractivity contribution in [2.45, 2.75) is 19.3 Å². The molecule has 3 rings (SSSR count). The normalized spacial score (nSPS) is 15.9. The Morgan fingerprint density at radius 3 is 2.61 bits per heavy atom. The van der Waals surface area contributed by atoms with Gasteiger partial charge in [-0.05, 0) is 48.9 Å². The van der Waals surface area contributed by atoms with Crippen molar-refractivity contribution in [3.63, 3.8) is 0 Å². The van der Waals surface area contributed by atoms with Crippen molar-refractivity contribution >= 4 is 16.5 Å². The van der Waals surface area contributed by atoms with Crippen molar-refractivity contribution in [3.05, 3.63) is 36.4 Å². The second kappa shape index (κ2) is 4.89. The lowest BCUT2D eigenvalue weighted by molar-refractivity contribution is 0.415. The van der Waals surface area contributed by atoms with E-state index in [2.05, 4.69) is 41.3 Å². The number of ether oxygens (including phenoxy) is 1. The summed E-state index contributed by atoms with van der Waals surface area (Å²) in [7, 11) is 1.72. The summed E-state index contributed by atoms with van der Waals surface area (Å²) in [6.45, 7) is 2.37. The first-order valence-electron chi connectivity index (χ1n) is 6.70. The van der Waals surface area contributed by atoms with Gasteiger partial charge in [-0.25, -0.2) is 0 Å². The number of benzene rings is 2. The number of methoxy groups -OCH3 is 1. The molecule has 94 valence electrons. The molecule has 0 N–H and O–H groups in total. The van der Waals surface area contributed by atoms with E-state index in [9.17, 15) is 0 Å². The first kappa shape index (κ1) is 11.4. The molecule has 2 nitrogen and oxygen atoms in total. The average Bonchev–Trinajstić information content (AvgIpc) is 2.47. The molecule has 0 saturated carbocycles. The Bertz CT molecular complexity index is 544. The molecule has 2 heteroatoms. The van der Waals surface area contributed by atoms with Crippen LogP contribution in [0, 0.1) is 0 Å². The van der Waals surface area contributed by atoms with Gasteiger partial charge >= 0.3 is 0 Å². The lowest BCUT2D eigenvalue weighted by atomic mass is 10.0. The quantitative estimate of drug-likeness (QED) is 0.792. The van der Waals surface area contributed by atoms with Crippen molar-refractivity contribution in [2.75, 3.05) is 25.1 Å². The number of rotatable bonds is 2. The van der Waals surface area contributed by atoms with Crippen LogP contribution in [0.5, 0.6) is 5.75 Å². The molecule has 2 aromatic rings. The van der Waals surface area contributed by atoms with E-state index in [-0.39, 0.29) is 0 Å². The van der Waals surface area contributed by atoms with Crippen LogP contribution in [0.4, 0.5) is 5.69 Å². The summed E-state index contributed by atoms with van der Waals surface area (Å²) in [5.74, 6) is 0.929. The molecule has 0 aromatic heterocycles. The Kier molecular flexibility index (Phi) is 3.09. The predicted molar refractivity (Wildman–Crippen MR) is 76.6 cm³/mol. The predicted octanol–water partition coefficient (Wildman–Crippen LogP) is 3.84. The van der Waals surface area contributed by atoms with Crippen molar-refractivity contribution in [3.8, 4) is 5.75 Å². The van der Waals surface area contributed by atoms with Crippen molar-refractivity contribution in [1.82, 2.24) is 0 Å².